The number of nitrogens with zero attached hydrogens (tertiary/aromatic N) is 3. The number of aliphatic hydroxyl groups is 2. The lowest BCUT2D eigenvalue weighted by molar-refractivity contribution is -0.113. The number of hydrogen-bond donors (Lipinski definition) is 2. The van der Waals surface area contributed by atoms with Crippen LogP contribution in [0.2, 0.25) is 0 Å². The van der Waals surface area contributed by atoms with E-state index in [2.05, 4.69) is 30.1 Å². The summed E-state index contributed by atoms with van der Waals surface area (Å²) in [5.41, 5.74) is 8.46. The highest BCUT2D eigenvalue weighted by atomic mass is 32.1. The lowest BCUT2D eigenvalue weighted by Crippen LogP contribution is -2.04. The number of benzene rings is 3. The van der Waals surface area contributed by atoms with Crippen molar-refractivity contribution in [2.75, 3.05) is 0 Å². The number of Topliss-reactive ketones (excluding diaryl/α,β-unsaturated/α-hetero) is 1. The molecule has 1 aromatic heterocycles. The third-order valence-corrected chi connectivity index (χ3v) is 7.65. The average molecular weight is 500 g/mol. The number of hydrogen-bond acceptors (Lipinski definition) is 7. The molecule has 0 bridgehead atoms. The summed E-state index contributed by atoms with van der Waals surface area (Å²) in [5.74, 6) is -0.566. The van der Waals surface area contributed by atoms with Crippen LogP contribution in [0.25, 0.3) is 20.8 Å². The Balaban J connectivity index is 1.58. The summed E-state index contributed by atoms with van der Waals surface area (Å²) in [6.45, 7) is 9.34. The van der Waals surface area contributed by atoms with Crippen molar-refractivity contribution in [1.82, 2.24) is 4.98 Å². The van der Waals surface area contributed by atoms with E-state index in [0.29, 0.717) is 11.3 Å². The van der Waals surface area contributed by atoms with Gasteiger partial charge in [0, 0.05) is 18.9 Å². The van der Waals surface area contributed by atoms with Gasteiger partial charge >= 0.3 is 0 Å². The molecule has 4 aromatic rings. The number of thiazole rings is 1. The second-order valence-electron chi connectivity index (χ2n) is 9.01. The van der Waals surface area contributed by atoms with Gasteiger partial charge in [-0.15, -0.1) is 16.5 Å². The van der Waals surface area contributed by atoms with E-state index < -0.39 is 0 Å². The SMILES string of the molecule is CC(=O)C(N=Nc1ccc(-c2nc3ccc(C)c(C)c3s2)cc1)=C(O)Cc1cc(C)c(C)cc1CO. The molecule has 0 spiro atoms. The van der Waals surface area contributed by atoms with E-state index in [0.717, 1.165) is 32.8 Å². The first-order valence-corrected chi connectivity index (χ1v) is 12.5. The summed E-state index contributed by atoms with van der Waals surface area (Å²) in [6.07, 6.45) is 0.0837. The van der Waals surface area contributed by atoms with Gasteiger partial charge in [0.05, 0.1) is 22.5 Å². The number of ketones is 1. The van der Waals surface area contributed by atoms with Crippen LogP contribution in [-0.4, -0.2) is 21.0 Å². The van der Waals surface area contributed by atoms with Gasteiger partial charge in [0.15, 0.2) is 11.5 Å². The summed E-state index contributed by atoms with van der Waals surface area (Å²) in [6, 6.07) is 15.4. The zero-order valence-electron chi connectivity index (χ0n) is 21.1. The molecule has 36 heavy (non-hydrogen) atoms. The van der Waals surface area contributed by atoms with Crippen LogP contribution in [0.4, 0.5) is 5.69 Å². The third kappa shape index (κ3) is 5.27. The predicted molar refractivity (Wildman–Crippen MR) is 145 cm³/mol. The van der Waals surface area contributed by atoms with Gasteiger partial charge in [0.1, 0.15) is 10.8 Å². The van der Waals surface area contributed by atoms with Crippen molar-refractivity contribution in [3.8, 4) is 10.6 Å². The number of aromatic nitrogens is 1. The standard InChI is InChI=1S/C29H29N3O3S/c1-16-6-11-25-28(19(16)4)36-29(30-25)21-7-9-24(10-8-21)31-32-27(20(5)34)26(35)14-22-12-17(2)18(3)13-23(22)15-33/h6-13,33,35H,14-15H2,1-5H3. The molecular formula is C29H29N3O3S. The van der Waals surface area contributed by atoms with E-state index in [1.165, 1.54) is 22.8 Å². The number of allylic oxidation sites excluding steroid dienone is 2. The van der Waals surface area contributed by atoms with Crippen LogP contribution in [0.1, 0.15) is 40.3 Å². The molecule has 0 amide bonds. The van der Waals surface area contributed by atoms with E-state index in [-0.39, 0.29) is 30.3 Å². The number of carbonyl (C=O) groups excluding carboxylic acids is 1. The first-order chi connectivity index (χ1) is 17.2. The Morgan fingerprint density at radius 2 is 1.61 bits per heavy atom. The lowest BCUT2D eigenvalue weighted by Gasteiger charge is -2.11. The highest BCUT2D eigenvalue weighted by Crippen LogP contribution is 2.34. The van der Waals surface area contributed by atoms with Crippen molar-refractivity contribution in [2.45, 2.75) is 47.6 Å². The summed E-state index contributed by atoms with van der Waals surface area (Å²) in [4.78, 5) is 17.0. The van der Waals surface area contributed by atoms with Crippen molar-refractivity contribution < 1.29 is 15.0 Å². The molecule has 0 aliphatic carbocycles. The summed E-state index contributed by atoms with van der Waals surface area (Å²) < 4.78 is 1.19. The fraction of sp³-hybridized carbons (Fsp3) is 0.241. The average Bonchev–Trinajstić information content (AvgIpc) is 3.29. The smallest absolute Gasteiger partial charge is 0.183 e. The molecule has 0 aliphatic rings. The fourth-order valence-corrected chi connectivity index (χ4v) is 5.09. The highest BCUT2D eigenvalue weighted by Gasteiger charge is 2.15. The van der Waals surface area contributed by atoms with Gasteiger partial charge in [-0.05, 0) is 91.4 Å². The van der Waals surface area contributed by atoms with Gasteiger partial charge in [-0.1, -0.05) is 18.2 Å². The number of carbonyl (C=O) groups is 1. The molecule has 0 unspecified atom stereocenters. The number of azo groups is 1. The van der Waals surface area contributed by atoms with Crippen molar-refractivity contribution >= 4 is 33.0 Å². The molecule has 7 heteroatoms. The van der Waals surface area contributed by atoms with Crippen LogP contribution >= 0.6 is 11.3 Å². The molecule has 0 aliphatic heterocycles. The van der Waals surface area contributed by atoms with Crippen LogP contribution in [0.15, 0.2) is 70.2 Å². The van der Waals surface area contributed by atoms with E-state index >= 15 is 0 Å². The Bertz CT molecular complexity index is 1520. The lowest BCUT2D eigenvalue weighted by atomic mass is 9.97. The largest absolute Gasteiger partial charge is 0.509 e. The van der Waals surface area contributed by atoms with Crippen molar-refractivity contribution in [1.29, 1.82) is 0 Å². The second-order valence-corrected chi connectivity index (χ2v) is 10.0. The first kappa shape index (κ1) is 25.4. The zero-order valence-corrected chi connectivity index (χ0v) is 21.9. The van der Waals surface area contributed by atoms with Crippen molar-refractivity contribution in [3.05, 3.63) is 93.4 Å². The molecule has 184 valence electrons. The molecule has 3 aromatic carbocycles. The van der Waals surface area contributed by atoms with Gasteiger partial charge in [0.25, 0.3) is 0 Å². The minimum absolute atomic E-state index is 0.0837. The quantitative estimate of drug-likeness (QED) is 0.158. The van der Waals surface area contributed by atoms with Gasteiger partial charge in [-0.2, -0.15) is 5.11 Å². The van der Waals surface area contributed by atoms with Gasteiger partial charge in [0.2, 0.25) is 0 Å². The van der Waals surface area contributed by atoms with Crippen LogP contribution in [0.5, 0.6) is 0 Å². The molecule has 0 atom stereocenters. The van der Waals surface area contributed by atoms with Gasteiger partial charge in [-0.25, -0.2) is 4.98 Å². The van der Waals surface area contributed by atoms with E-state index in [4.69, 9.17) is 4.98 Å². The molecule has 0 saturated carbocycles. The minimum atomic E-state index is -0.387. The number of fused-ring (bicyclic) bond motifs is 1. The number of aliphatic hydroxyl groups excluding tert-OH is 2. The van der Waals surface area contributed by atoms with Crippen LogP contribution in [0.3, 0.4) is 0 Å². The first-order valence-electron chi connectivity index (χ1n) is 11.7. The summed E-state index contributed by atoms with van der Waals surface area (Å²) in [5, 5.41) is 29.6. The normalized spacial score (nSPS) is 12.4. The van der Waals surface area contributed by atoms with Crippen molar-refractivity contribution in [2.24, 2.45) is 10.2 Å². The summed E-state index contributed by atoms with van der Waals surface area (Å²) in [7, 11) is 0. The zero-order chi connectivity index (χ0) is 26.0. The maximum absolute atomic E-state index is 12.2. The molecule has 0 radical (unpaired) electrons. The molecular weight excluding hydrogens is 470 g/mol. The molecule has 0 saturated heterocycles. The van der Waals surface area contributed by atoms with E-state index in [9.17, 15) is 15.0 Å². The fourth-order valence-electron chi connectivity index (χ4n) is 3.97. The predicted octanol–water partition coefficient (Wildman–Crippen LogP) is 7.37. The van der Waals surface area contributed by atoms with E-state index in [1.54, 1.807) is 11.3 Å². The Morgan fingerprint density at radius 3 is 2.25 bits per heavy atom. The second kappa shape index (κ2) is 10.5. The molecule has 4 rings (SSSR count). The Labute approximate surface area is 214 Å². The van der Waals surface area contributed by atoms with Gasteiger partial charge in [-0.3, -0.25) is 4.79 Å². The molecule has 0 fully saturated rings. The van der Waals surface area contributed by atoms with Crippen LogP contribution in [-0.2, 0) is 17.8 Å². The number of rotatable bonds is 7. The molecule has 1 heterocycles. The van der Waals surface area contributed by atoms with Gasteiger partial charge < -0.3 is 10.2 Å². The maximum atomic E-state index is 12.2. The monoisotopic (exact) mass is 499 g/mol. The third-order valence-electron chi connectivity index (χ3n) is 6.41. The van der Waals surface area contributed by atoms with E-state index in [1.807, 2.05) is 56.3 Å². The molecule has 6 nitrogen and oxygen atoms in total. The highest BCUT2D eigenvalue weighted by molar-refractivity contribution is 7.21. The Morgan fingerprint density at radius 1 is 0.944 bits per heavy atom. The maximum Gasteiger partial charge on any atom is 0.183 e. The minimum Gasteiger partial charge on any atom is -0.509 e. The van der Waals surface area contributed by atoms with Crippen LogP contribution < -0.4 is 0 Å². The number of aryl methyl sites for hydroxylation is 4. The molecule has 2 N–H and O–H groups in total. The van der Waals surface area contributed by atoms with Crippen LogP contribution in [0, 0.1) is 27.7 Å². The Hall–Kier alpha value is -3.68. The van der Waals surface area contributed by atoms with Crippen molar-refractivity contribution in [3.63, 3.8) is 0 Å². The topological polar surface area (TPSA) is 95.1 Å². The Kier molecular flexibility index (Phi) is 7.43. The summed E-state index contributed by atoms with van der Waals surface area (Å²) >= 11 is 1.66.